The van der Waals surface area contributed by atoms with Gasteiger partial charge in [-0.15, -0.1) is 0 Å². The molecule has 0 aliphatic carbocycles. The zero-order chi connectivity index (χ0) is 8.97. The van der Waals surface area contributed by atoms with Gasteiger partial charge in [0.25, 0.3) is 0 Å². The largest absolute Gasteiger partial charge is 0.306 e. The van der Waals surface area contributed by atoms with Gasteiger partial charge in [-0.05, 0) is 33.0 Å². The van der Waals surface area contributed by atoms with Crippen molar-refractivity contribution in [3.05, 3.63) is 0 Å². The molecule has 2 amide bonds. The molecular formula is C8H14N2O2. The Hall–Kier alpha value is -0.900. The third kappa shape index (κ3) is 2.30. The van der Waals surface area contributed by atoms with Gasteiger partial charge in [-0.2, -0.15) is 0 Å². The zero-order valence-electron chi connectivity index (χ0n) is 7.25. The lowest BCUT2D eigenvalue weighted by Gasteiger charge is -2.27. The van der Waals surface area contributed by atoms with Crippen LogP contribution in [0.15, 0.2) is 0 Å². The summed E-state index contributed by atoms with van der Waals surface area (Å²) >= 11 is 0. The lowest BCUT2D eigenvalue weighted by molar-refractivity contribution is -0.129. The van der Waals surface area contributed by atoms with E-state index in [4.69, 9.17) is 0 Å². The molecule has 1 heterocycles. The summed E-state index contributed by atoms with van der Waals surface area (Å²) in [4.78, 5) is 23.3. The highest BCUT2D eigenvalue weighted by Crippen LogP contribution is 2.15. The van der Waals surface area contributed by atoms with Crippen LogP contribution in [0, 0.1) is 5.92 Å². The van der Waals surface area contributed by atoms with Gasteiger partial charge in [-0.25, -0.2) is 0 Å². The van der Waals surface area contributed by atoms with E-state index in [0.717, 1.165) is 25.9 Å². The number of nitrogens with one attached hydrogen (secondary N) is 1. The number of likely N-dealkylation sites (tertiary alicyclic amines) is 1. The molecule has 0 spiro atoms. The van der Waals surface area contributed by atoms with Crippen LogP contribution in [0.5, 0.6) is 0 Å². The average molecular weight is 170 g/mol. The highest BCUT2D eigenvalue weighted by atomic mass is 16.2. The number of hydrogen-bond donors (Lipinski definition) is 1. The van der Waals surface area contributed by atoms with Gasteiger partial charge < -0.3 is 4.90 Å². The molecule has 1 fully saturated rings. The lowest BCUT2D eigenvalue weighted by Crippen LogP contribution is -2.38. The summed E-state index contributed by atoms with van der Waals surface area (Å²) in [6.45, 7) is 1.88. The molecule has 68 valence electrons. The molecule has 0 unspecified atom stereocenters. The Kier molecular flexibility index (Phi) is 3.22. The van der Waals surface area contributed by atoms with Crippen LogP contribution in [0.4, 0.5) is 0 Å². The van der Waals surface area contributed by atoms with Gasteiger partial charge in [0.1, 0.15) is 0 Å². The molecule has 1 aliphatic rings. The molecule has 0 aromatic carbocycles. The minimum Gasteiger partial charge on any atom is -0.306 e. The second-order valence-corrected chi connectivity index (χ2v) is 3.20. The first-order chi connectivity index (χ1) is 5.74. The second-order valence-electron chi connectivity index (χ2n) is 3.20. The van der Waals surface area contributed by atoms with Gasteiger partial charge in [0.05, 0.1) is 0 Å². The summed E-state index contributed by atoms with van der Waals surface area (Å²) in [5.41, 5.74) is 0. The minimum atomic E-state index is -0.127. The molecule has 1 rings (SSSR count). The van der Waals surface area contributed by atoms with Crippen LogP contribution in [-0.4, -0.2) is 37.4 Å². The van der Waals surface area contributed by atoms with Crippen LogP contribution in [0.3, 0.4) is 0 Å². The smallest absolute Gasteiger partial charge is 0.229 e. The van der Waals surface area contributed by atoms with Crippen LogP contribution < -0.4 is 5.32 Å². The topological polar surface area (TPSA) is 49.4 Å². The number of rotatable bonds is 2. The molecular weight excluding hydrogens is 156 g/mol. The van der Waals surface area contributed by atoms with E-state index in [1.807, 2.05) is 7.05 Å². The highest BCUT2D eigenvalue weighted by molar-refractivity contribution is 5.87. The summed E-state index contributed by atoms with van der Waals surface area (Å²) in [7, 11) is 2.04. The van der Waals surface area contributed by atoms with Crippen molar-refractivity contribution in [3.8, 4) is 0 Å². The van der Waals surface area contributed by atoms with E-state index < -0.39 is 0 Å². The molecule has 0 bridgehead atoms. The Morgan fingerprint density at radius 1 is 1.50 bits per heavy atom. The summed E-state index contributed by atoms with van der Waals surface area (Å²) in [5, 5.41) is 2.19. The number of carbonyl (C=O) groups excluding carboxylic acids is 2. The highest BCUT2D eigenvalue weighted by Gasteiger charge is 2.22. The first-order valence-corrected chi connectivity index (χ1v) is 4.16. The van der Waals surface area contributed by atoms with Crippen LogP contribution >= 0.6 is 0 Å². The third-order valence-electron chi connectivity index (χ3n) is 2.29. The van der Waals surface area contributed by atoms with Crippen molar-refractivity contribution >= 4 is 12.3 Å². The predicted molar refractivity (Wildman–Crippen MR) is 44.4 cm³/mol. The number of hydrogen-bond acceptors (Lipinski definition) is 3. The fourth-order valence-electron chi connectivity index (χ4n) is 1.45. The van der Waals surface area contributed by atoms with Gasteiger partial charge in [0, 0.05) is 5.92 Å². The molecule has 0 aromatic heterocycles. The number of nitrogens with zero attached hydrogens (tertiary/aromatic N) is 1. The molecule has 12 heavy (non-hydrogen) atoms. The van der Waals surface area contributed by atoms with Crippen molar-refractivity contribution in [2.75, 3.05) is 20.1 Å². The number of imide groups is 1. The molecule has 0 saturated carbocycles. The molecule has 1 N–H and O–H groups in total. The summed E-state index contributed by atoms with van der Waals surface area (Å²) in [5.74, 6) is -0.0931. The zero-order valence-corrected chi connectivity index (χ0v) is 7.25. The first kappa shape index (κ1) is 9.19. The Bertz CT molecular complexity index is 174. The van der Waals surface area contributed by atoms with Crippen molar-refractivity contribution < 1.29 is 9.59 Å². The quantitative estimate of drug-likeness (QED) is 0.574. The van der Waals surface area contributed by atoms with E-state index >= 15 is 0 Å². The van der Waals surface area contributed by atoms with E-state index in [1.165, 1.54) is 0 Å². The molecule has 1 saturated heterocycles. The fourth-order valence-corrected chi connectivity index (χ4v) is 1.45. The average Bonchev–Trinajstić information content (AvgIpc) is 2.06. The van der Waals surface area contributed by atoms with Gasteiger partial charge in [-0.3, -0.25) is 14.9 Å². The first-order valence-electron chi connectivity index (χ1n) is 4.16. The maximum absolute atomic E-state index is 11.1. The molecule has 0 atom stereocenters. The number of carbonyl (C=O) groups is 2. The maximum atomic E-state index is 11.1. The van der Waals surface area contributed by atoms with Crippen molar-refractivity contribution in [1.29, 1.82) is 0 Å². The Labute approximate surface area is 71.9 Å². The summed E-state index contributed by atoms with van der Waals surface area (Å²) in [6.07, 6.45) is 2.17. The van der Waals surface area contributed by atoms with E-state index in [0.29, 0.717) is 6.41 Å². The SMILES string of the molecule is CN1CCC(C(=O)NC=O)CC1. The molecule has 0 aromatic rings. The maximum Gasteiger partial charge on any atom is 0.229 e. The standard InChI is InChI=1S/C8H14N2O2/c1-10-4-2-7(3-5-10)8(12)9-6-11/h6-7H,2-5H2,1H3,(H,9,11,12). The molecule has 1 aliphatic heterocycles. The molecule has 4 nitrogen and oxygen atoms in total. The van der Waals surface area contributed by atoms with E-state index in [9.17, 15) is 9.59 Å². The minimum absolute atomic E-state index is 0.0337. The van der Waals surface area contributed by atoms with Crippen LogP contribution in [-0.2, 0) is 9.59 Å². The van der Waals surface area contributed by atoms with Gasteiger partial charge in [0.15, 0.2) is 0 Å². The number of amides is 2. The van der Waals surface area contributed by atoms with Crippen molar-refractivity contribution in [2.24, 2.45) is 5.92 Å². The van der Waals surface area contributed by atoms with E-state index in [1.54, 1.807) is 0 Å². The van der Waals surface area contributed by atoms with Crippen molar-refractivity contribution in [1.82, 2.24) is 10.2 Å². The predicted octanol–water partition coefficient (Wildman–Crippen LogP) is -0.399. The van der Waals surface area contributed by atoms with Gasteiger partial charge >= 0.3 is 0 Å². The van der Waals surface area contributed by atoms with Crippen molar-refractivity contribution in [2.45, 2.75) is 12.8 Å². The lowest BCUT2D eigenvalue weighted by atomic mass is 9.96. The third-order valence-corrected chi connectivity index (χ3v) is 2.29. The Balaban J connectivity index is 2.33. The van der Waals surface area contributed by atoms with Crippen molar-refractivity contribution in [3.63, 3.8) is 0 Å². The monoisotopic (exact) mass is 170 g/mol. The van der Waals surface area contributed by atoms with Gasteiger partial charge in [-0.1, -0.05) is 0 Å². The summed E-state index contributed by atoms with van der Waals surface area (Å²) in [6, 6.07) is 0. The number of piperidine rings is 1. The van der Waals surface area contributed by atoms with E-state index in [-0.39, 0.29) is 11.8 Å². The second kappa shape index (κ2) is 4.21. The summed E-state index contributed by atoms with van der Waals surface area (Å²) < 4.78 is 0. The Morgan fingerprint density at radius 3 is 2.58 bits per heavy atom. The van der Waals surface area contributed by atoms with E-state index in [2.05, 4.69) is 10.2 Å². The van der Waals surface area contributed by atoms with Gasteiger partial charge in [0.2, 0.25) is 12.3 Å². The van der Waals surface area contributed by atoms with Crippen LogP contribution in [0.1, 0.15) is 12.8 Å². The normalized spacial score (nSPS) is 20.4. The van der Waals surface area contributed by atoms with Crippen LogP contribution in [0.25, 0.3) is 0 Å². The fraction of sp³-hybridized carbons (Fsp3) is 0.750. The molecule has 4 heteroatoms. The van der Waals surface area contributed by atoms with Crippen LogP contribution in [0.2, 0.25) is 0 Å². The Morgan fingerprint density at radius 2 is 2.08 bits per heavy atom. The molecule has 0 radical (unpaired) electrons.